The van der Waals surface area contributed by atoms with E-state index in [1.807, 2.05) is 6.07 Å². The number of hydroxylamine groups is 1. The first-order valence-corrected chi connectivity index (χ1v) is 14.0. The van der Waals surface area contributed by atoms with E-state index in [1.54, 1.807) is 37.5 Å². The van der Waals surface area contributed by atoms with Gasteiger partial charge in [-0.05, 0) is 50.3 Å². The van der Waals surface area contributed by atoms with Crippen LogP contribution < -0.4 is 20.4 Å². The van der Waals surface area contributed by atoms with E-state index in [0.29, 0.717) is 34.6 Å². The Bertz CT molecular complexity index is 1510. The molecule has 0 spiro atoms. The molecular formula is C25H28F3N7O4S. The number of benzene rings is 1. The van der Waals surface area contributed by atoms with Gasteiger partial charge in [-0.3, -0.25) is 13.9 Å². The van der Waals surface area contributed by atoms with Crippen LogP contribution in [0.3, 0.4) is 0 Å². The summed E-state index contributed by atoms with van der Waals surface area (Å²) in [6, 6.07) is 8.45. The lowest BCUT2D eigenvalue weighted by atomic mass is 10.1. The number of halogens is 3. The molecule has 0 bridgehead atoms. The summed E-state index contributed by atoms with van der Waals surface area (Å²) < 4.78 is 63.5. The number of amides is 1. The molecule has 1 amide bonds. The van der Waals surface area contributed by atoms with Crippen molar-refractivity contribution < 1.29 is 31.2 Å². The molecular weight excluding hydrogens is 551 g/mol. The van der Waals surface area contributed by atoms with Crippen LogP contribution in [-0.2, 0) is 14.9 Å². The Morgan fingerprint density at radius 1 is 1.07 bits per heavy atom. The van der Waals surface area contributed by atoms with Crippen LogP contribution in [0.4, 0.5) is 41.9 Å². The van der Waals surface area contributed by atoms with E-state index in [0.717, 1.165) is 35.2 Å². The van der Waals surface area contributed by atoms with Gasteiger partial charge in [0.05, 0.1) is 28.9 Å². The third-order valence-electron chi connectivity index (χ3n) is 5.95. The molecule has 0 aliphatic heterocycles. The molecule has 15 heteroatoms. The molecule has 0 saturated heterocycles. The minimum atomic E-state index is -4.65. The third-order valence-corrected chi connectivity index (χ3v) is 7.14. The first-order chi connectivity index (χ1) is 18.7. The number of aryl methyl sites for hydroxylation is 2. The number of rotatable bonds is 10. The van der Waals surface area contributed by atoms with Crippen LogP contribution in [0, 0.1) is 13.8 Å². The number of anilines is 5. The molecule has 214 valence electrons. The van der Waals surface area contributed by atoms with Crippen LogP contribution in [0.25, 0.3) is 0 Å². The first kappa shape index (κ1) is 29.0. The molecule has 2 heterocycles. The van der Waals surface area contributed by atoms with Gasteiger partial charge in [0, 0.05) is 31.1 Å². The zero-order chi connectivity index (χ0) is 29.2. The number of carbonyl (C=O) groups is 1. The molecule has 0 unspecified atom stereocenters. The van der Waals surface area contributed by atoms with E-state index < -0.39 is 28.7 Å². The highest BCUT2D eigenvalue weighted by atomic mass is 32.2. The zero-order valence-electron chi connectivity index (χ0n) is 22.1. The van der Waals surface area contributed by atoms with Crippen molar-refractivity contribution in [1.82, 2.24) is 20.4 Å². The predicted molar refractivity (Wildman–Crippen MR) is 143 cm³/mol. The maximum absolute atomic E-state index is 12.8. The van der Waals surface area contributed by atoms with Gasteiger partial charge in [-0.2, -0.15) is 13.2 Å². The average molecular weight is 580 g/mol. The summed E-state index contributed by atoms with van der Waals surface area (Å²) in [6.07, 6.45) is -0.437. The second-order valence-corrected chi connectivity index (χ2v) is 11.4. The molecule has 1 aliphatic rings. The van der Waals surface area contributed by atoms with Crippen molar-refractivity contribution in [2.45, 2.75) is 38.8 Å². The Labute approximate surface area is 229 Å². The van der Waals surface area contributed by atoms with Gasteiger partial charge in [0.15, 0.2) is 6.61 Å². The number of alkyl halides is 3. The van der Waals surface area contributed by atoms with Crippen molar-refractivity contribution in [2.24, 2.45) is 0 Å². The SMILES string of the molecule is Cc1cc(Nc2cc(Nc3ccc(C4CC4)cc3N(C)S(C)(=O)=O)c(C(=O)NOCC(F)(F)F)cn2)nc(C)n1. The second kappa shape index (κ2) is 11.3. The van der Waals surface area contributed by atoms with Crippen molar-refractivity contribution >= 4 is 44.6 Å². The van der Waals surface area contributed by atoms with Gasteiger partial charge in [0.25, 0.3) is 5.91 Å². The number of nitrogens with one attached hydrogen (secondary N) is 3. The number of hydrogen-bond donors (Lipinski definition) is 3. The quantitative estimate of drug-likeness (QED) is 0.297. The number of nitrogens with zero attached hydrogens (tertiary/aromatic N) is 4. The van der Waals surface area contributed by atoms with Crippen LogP contribution in [0.5, 0.6) is 0 Å². The predicted octanol–water partition coefficient (Wildman–Crippen LogP) is 4.47. The highest BCUT2D eigenvalue weighted by molar-refractivity contribution is 7.92. The maximum Gasteiger partial charge on any atom is 0.414 e. The molecule has 1 fully saturated rings. The Hall–Kier alpha value is -3.98. The molecule has 40 heavy (non-hydrogen) atoms. The fraction of sp³-hybridized carbons (Fsp3) is 0.360. The van der Waals surface area contributed by atoms with E-state index in [4.69, 9.17) is 0 Å². The minimum absolute atomic E-state index is 0.121. The third kappa shape index (κ3) is 7.57. The summed E-state index contributed by atoms with van der Waals surface area (Å²) in [4.78, 5) is 29.8. The number of carbonyl (C=O) groups excluding carboxylic acids is 1. The van der Waals surface area contributed by atoms with Crippen LogP contribution in [0.15, 0.2) is 36.5 Å². The normalized spacial score (nSPS) is 13.6. The van der Waals surface area contributed by atoms with E-state index in [2.05, 4.69) is 30.4 Å². The van der Waals surface area contributed by atoms with Crippen molar-refractivity contribution in [3.05, 3.63) is 59.2 Å². The monoisotopic (exact) mass is 579 g/mol. The minimum Gasteiger partial charge on any atom is -0.353 e. The molecule has 2 aromatic heterocycles. The highest BCUT2D eigenvalue weighted by Crippen LogP contribution is 2.43. The van der Waals surface area contributed by atoms with Gasteiger partial charge in [-0.25, -0.2) is 28.8 Å². The number of aromatic nitrogens is 3. The fourth-order valence-electron chi connectivity index (χ4n) is 3.87. The van der Waals surface area contributed by atoms with Gasteiger partial charge in [-0.15, -0.1) is 0 Å². The number of sulfonamides is 1. The van der Waals surface area contributed by atoms with Crippen molar-refractivity contribution in [1.29, 1.82) is 0 Å². The Kier molecular flexibility index (Phi) is 8.16. The van der Waals surface area contributed by atoms with E-state index >= 15 is 0 Å². The summed E-state index contributed by atoms with van der Waals surface area (Å²) >= 11 is 0. The number of pyridine rings is 1. The topological polar surface area (TPSA) is 138 Å². The Morgan fingerprint density at radius 2 is 1.80 bits per heavy atom. The largest absolute Gasteiger partial charge is 0.414 e. The van der Waals surface area contributed by atoms with Crippen LogP contribution >= 0.6 is 0 Å². The fourth-order valence-corrected chi connectivity index (χ4v) is 4.38. The Balaban J connectivity index is 1.72. The molecule has 11 nitrogen and oxygen atoms in total. The lowest BCUT2D eigenvalue weighted by Gasteiger charge is -2.23. The lowest BCUT2D eigenvalue weighted by Crippen LogP contribution is -2.30. The standard InChI is InChI=1S/C25H28F3N7O4S/c1-14-9-23(31-15(2)30-14)33-22-11-20(18(12-29-22)24(36)34-39-13-25(26,27)28)32-19-8-7-17(16-5-6-16)10-21(19)35(3)40(4,37)38/h7-12,16H,5-6,13H2,1-4H3,(H,34,36)(H2,29,30,31,32,33). The van der Waals surface area contributed by atoms with E-state index in [1.165, 1.54) is 13.1 Å². The van der Waals surface area contributed by atoms with E-state index in [9.17, 15) is 26.4 Å². The highest BCUT2D eigenvalue weighted by Gasteiger charge is 2.29. The van der Waals surface area contributed by atoms with Gasteiger partial charge in [0.1, 0.15) is 17.5 Å². The molecule has 4 rings (SSSR count). The lowest BCUT2D eigenvalue weighted by molar-refractivity contribution is -0.184. The van der Waals surface area contributed by atoms with Crippen LogP contribution in [0.1, 0.15) is 46.2 Å². The number of hydrogen-bond acceptors (Lipinski definition) is 9. The molecule has 3 aromatic rings. The van der Waals surface area contributed by atoms with Gasteiger partial charge >= 0.3 is 6.18 Å². The molecule has 0 atom stereocenters. The smallest absolute Gasteiger partial charge is 0.353 e. The average Bonchev–Trinajstić information content (AvgIpc) is 3.67. The van der Waals surface area contributed by atoms with Gasteiger partial charge < -0.3 is 10.6 Å². The zero-order valence-corrected chi connectivity index (χ0v) is 22.9. The maximum atomic E-state index is 12.8. The Morgan fingerprint density at radius 3 is 2.42 bits per heavy atom. The first-order valence-electron chi connectivity index (χ1n) is 12.1. The van der Waals surface area contributed by atoms with Gasteiger partial charge in [-0.1, -0.05) is 6.07 Å². The summed E-state index contributed by atoms with van der Waals surface area (Å²) in [5, 5.41) is 6.07. The summed E-state index contributed by atoms with van der Waals surface area (Å²) in [5.74, 6) is 0.542. The van der Waals surface area contributed by atoms with Crippen molar-refractivity contribution in [2.75, 3.05) is 34.8 Å². The van der Waals surface area contributed by atoms with E-state index in [-0.39, 0.29) is 17.1 Å². The second-order valence-electron chi connectivity index (χ2n) is 9.42. The van der Waals surface area contributed by atoms with Crippen molar-refractivity contribution in [3.8, 4) is 0 Å². The van der Waals surface area contributed by atoms with Crippen LogP contribution in [0.2, 0.25) is 0 Å². The molecule has 0 radical (unpaired) electrons. The van der Waals surface area contributed by atoms with Gasteiger partial charge in [0.2, 0.25) is 10.0 Å². The molecule has 3 N–H and O–H groups in total. The molecule has 1 saturated carbocycles. The summed E-state index contributed by atoms with van der Waals surface area (Å²) in [7, 11) is -2.25. The molecule has 1 aliphatic carbocycles. The van der Waals surface area contributed by atoms with Crippen LogP contribution in [-0.4, -0.2) is 55.4 Å². The summed E-state index contributed by atoms with van der Waals surface area (Å²) in [5.41, 5.74) is 4.10. The molecule has 1 aromatic carbocycles. The van der Waals surface area contributed by atoms with Crippen molar-refractivity contribution in [3.63, 3.8) is 0 Å². The summed E-state index contributed by atoms with van der Waals surface area (Å²) in [6.45, 7) is 1.82.